The number of terminal acetylenes is 1. The Morgan fingerprint density at radius 2 is 2.19 bits per heavy atom. The number of hydrogen-bond donors (Lipinski definition) is 1. The van der Waals surface area contributed by atoms with Crippen LogP contribution in [0.25, 0.3) is 0 Å². The van der Waals surface area contributed by atoms with Crippen LogP contribution in [0.15, 0.2) is 0 Å². The van der Waals surface area contributed by atoms with Crippen LogP contribution in [0, 0.1) is 12.3 Å². The van der Waals surface area contributed by atoms with Crippen molar-refractivity contribution in [3.63, 3.8) is 0 Å². The van der Waals surface area contributed by atoms with Crippen LogP contribution in [0.1, 0.15) is 33.1 Å². The van der Waals surface area contributed by atoms with Crippen LogP contribution < -0.4 is 5.32 Å². The minimum atomic E-state index is -0.381. The molecule has 2 amide bonds. The van der Waals surface area contributed by atoms with Gasteiger partial charge in [0.05, 0.1) is 0 Å². The molecule has 0 radical (unpaired) electrons. The second-order valence-corrected chi connectivity index (χ2v) is 3.98. The van der Waals surface area contributed by atoms with E-state index in [9.17, 15) is 9.59 Å². The molecule has 1 aliphatic rings. The van der Waals surface area contributed by atoms with E-state index in [2.05, 4.69) is 11.2 Å². The molecule has 1 heterocycles. The Hall–Kier alpha value is -1.50. The summed E-state index contributed by atoms with van der Waals surface area (Å²) >= 11 is 0. The van der Waals surface area contributed by atoms with Crippen molar-refractivity contribution in [1.82, 2.24) is 10.2 Å². The van der Waals surface area contributed by atoms with Gasteiger partial charge in [-0.05, 0) is 19.8 Å². The minimum Gasteiger partial charge on any atom is -0.343 e. The maximum atomic E-state index is 12.0. The lowest BCUT2D eigenvalue weighted by atomic mass is 10.1. The fourth-order valence-electron chi connectivity index (χ4n) is 1.82. The number of carbonyl (C=O) groups excluding carboxylic acids is 2. The third-order valence-electron chi connectivity index (χ3n) is 2.87. The predicted octanol–water partition coefficient (Wildman–Crippen LogP) is 0.525. The van der Waals surface area contributed by atoms with E-state index < -0.39 is 0 Å². The highest BCUT2D eigenvalue weighted by Crippen LogP contribution is 2.12. The average molecular weight is 222 g/mol. The summed E-state index contributed by atoms with van der Waals surface area (Å²) in [5.41, 5.74) is 0. The molecule has 0 aromatic carbocycles. The predicted molar refractivity (Wildman–Crippen MR) is 61.5 cm³/mol. The van der Waals surface area contributed by atoms with Gasteiger partial charge in [0.15, 0.2) is 0 Å². The summed E-state index contributed by atoms with van der Waals surface area (Å²) in [6.45, 7) is 4.20. The van der Waals surface area contributed by atoms with Gasteiger partial charge in [-0.15, -0.1) is 12.3 Å². The maximum absolute atomic E-state index is 12.0. The van der Waals surface area contributed by atoms with E-state index in [0.29, 0.717) is 19.4 Å². The molecule has 1 rings (SSSR count). The lowest BCUT2D eigenvalue weighted by Gasteiger charge is -2.37. The molecule has 16 heavy (non-hydrogen) atoms. The van der Waals surface area contributed by atoms with E-state index in [1.807, 2.05) is 6.92 Å². The number of hydrogen-bond acceptors (Lipinski definition) is 2. The summed E-state index contributed by atoms with van der Waals surface area (Å²) in [6.07, 6.45) is 7.17. The van der Waals surface area contributed by atoms with Crippen molar-refractivity contribution in [3.8, 4) is 12.3 Å². The summed E-state index contributed by atoms with van der Waals surface area (Å²) in [4.78, 5) is 25.2. The van der Waals surface area contributed by atoms with Gasteiger partial charge in [0.25, 0.3) is 0 Å². The topological polar surface area (TPSA) is 49.4 Å². The third kappa shape index (κ3) is 2.54. The first-order valence-corrected chi connectivity index (χ1v) is 5.66. The fourth-order valence-corrected chi connectivity index (χ4v) is 1.82. The van der Waals surface area contributed by atoms with Crippen LogP contribution >= 0.6 is 0 Å². The van der Waals surface area contributed by atoms with Crippen molar-refractivity contribution in [1.29, 1.82) is 0 Å². The molecule has 0 aromatic heterocycles. The van der Waals surface area contributed by atoms with Crippen LogP contribution in [0.5, 0.6) is 0 Å². The average Bonchev–Trinajstić information content (AvgIpc) is 2.28. The molecule has 88 valence electrons. The smallest absolute Gasteiger partial charge is 0.245 e. The zero-order valence-corrected chi connectivity index (χ0v) is 9.82. The van der Waals surface area contributed by atoms with Gasteiger partial charge < -0.3 is 10.2 Å². The number of nitrogens with zero attached hydrogens (tertiary/aromatic N) is 1. The van der Waals surface area contributed by atoms with E-state index in [0.717, 1.165) is 6.42 Å². The first kappa shape index (κ1) is 12.6. The first-order chi connectivity index (χ1) is 7.61. The van der Waals surface area contributed by atoms with E-state index in [4.69, 9.17) is 6.42 Å². The van der Waals surface area contributed by atoms with Crippen LogP contribution in [-0.4, -0.2) is 35.3 Å². The van der Waals surface area contributed by atoms with Gasteiger partial charge in [-0.3, -0.25) is 9.59 Å². The molecule has 0 bridgehead atoms. The second-order valence-electron chi connectivity index (χ2n) is 3.98. The summed E-state index contributed by atoms with van der Waals surface area (Å²) in [5.74, 6) is 2.46. The molecule has 4 heteroatoms. The molecule has 0 spiro atoms. The van der Waals surface area contributed by atoms with Crippen molar-refractivity contribution >= 4 is 11.8 Å². The normalized spacial score (nSPS) is 25.2. The number of rotatable bonds is 4. The Morgan fingerprint density at radius 1 is 1.50 bits per heavy atom. The van der Waals surface area contributed by atoms with Crippen LogP contribution in [0.3, 0.4) is 0 Å². The molecular formula is C12H18N2O2. The van der Waals surface area contributed by atoms with E-state index in [1.165, 1.54) is 0 Å². The van der Waals surface area contributed by atoms with Crippen molar-refractivity contribution in [3.05, 3.63) is 0 Å². The second kappa shape index (κ2) is 5.55. The SMILES string of the molecule is C#CCCCN1C(=O)C(CC)NC(=O)C1C. The number of unbranched alkanes of at least 4 members (excludes halogenated alkanes) is 1. The quantitative estimate of drug-likeness (QED) is 0.557. The molecule has 0 aromatic rings. The molecular weight excluding hydrogens is 204 g/mol. The van der Waals surface area contributed by atoms with Gasteiger partial charge >= 0.3 is 0 Å². The molecule has 2 atom stereocenters. The number of piperazine rings is 1. The zero-order chi connectivity index (χ0) is 12.1. The summed E-state index contributed by atoms with van der Waals surface area (Å²) < 4.78 is 0. The molecule has 2 unspecified atom stereocenters. The van der Waals surface area contributed by atoms with Gasteiger partial charge in [0, 0.05) is 13.0 Å². The van der Waals surface area contributed by atoms with Crippen LogP contribution in [0.4, 0.5) is 0 Å². The van der Waals surface area contributed by atoms with E-state index in [1.54, 1.807) is 11.8 Å². The summed E-state index contributed by atoms with van der Waals surface area (Å²) in [7, 11) is 0. The first-order valence-electron chi connectivity index (χ1n) is 5.66. The molecule has 1 fully saturated rings. The highest BCUT2D eigenvalue weighted by atomic mass is 16.2. The van der Waals surface area contributed by atoms with Gasteiger partial charge in [-0.1, -0.05) is 6.92 Å². The van der Waals surface area contributed by atoms with E-state index in [-0.39, 0.29) is 23.9 Å². The Morgan fingerprint density at radius 3 is 2.75 bits per heavy atom. The highest BCUT2D eigenvalue weighted by molar-refractivity contribution is 5.96. The lowest BCUT2D eigenvalue weighted by molar-refractivity contribution is -0.148. The highest BCUT2D eigenvalue weighted by Gasteiger charge is 2.36. The molecule has 4 nitrogen and oxygen atoms in total. The van der Waals surface area contributed by atoms with Crippen molar-refractivity contribution < 1.29 is 9.59 Å². The van der Waals surface area contributed by atoms with Gasteiger partial charge in [-0.2, -0.15) is 0 Å². The molecule has 1 aliphatic heterocycles. The fraction of sp³-hybridized carbons (Fsp3) is 0.667. The Kier molecular flexibility index (Phi) is 4.36. The molecule has 1 saturated heterocycles. The van der Waals surface area contributed by atoms with Gasteiger partial charge in [0.2, 0.25) is 11.8 Å². The van der Waals surface area contributed by atoms with Crippen molar-refractivity contribution in [2.24, 2.45) is 0 Å². The standard InChI is InChI=1S/C12H18N2O2/c1-4-6-7-8-14-9(3)11(15)13-10(5-2)12(14)16/h1,9-10H,5-8H2,2-3H3,(H,13,15). The largest absolute Gasteiger partial charge is 0.343 e. The van der Waals surface area contributed by atoms with Crippen molar-refractivity contribution in [2.45, 2.75) is 45.2 Å². The summed E-state index contributed by atoms with van der Waals surface area (Å²) in [5, 5.41) is 2.72. The Bertz CT molecular complexity index is 319. The number of carbonyl (C=O) groups is 2. The van der Waals surface area contributed by atoms with Crippen LogP contribution in [0.2, 0.25) is 0 Å². The Balaban J connectivity index is 2.66. The Labute approximate surface area is 96.4 Å². The molecule has 1 N–H and O–H groups in total. The van der Waals surface area contributed by atoms with Crippen LogP contribution in [-0.2, 0) is 9.59 Å². The molecule has 0 aliphatic carbocycles. The van der Waals surface area contributed by atoms with Crippen molar-refractivity contribution in [2.75, 3.05) is 6.54 Å². The zero-order valence-electron chi connectivity index (χ0n) is 9.82. The minimum absolute atomic E-state index is 0.00613. The maximum Gasteiger partial charge on any atom is 0.245 e. The third-order valence-corrected chi connectivity index (χ3v) is 2.87. The van der Waals surface area contributed by atoms with Gasteiger partial charge in [0.1, 0.15) is 12.1 Å². The number of amides is 2. The van der Waals surface area contributed by atoms with E-state index >= 15 is 0 Å². The van der Waals surface area contributed by atoms with Gasteiger partial charge in [-0.25, -0.2) is 0 Å². The monoisotopic (exact) mass is 222 g/mol. The lowest BCUT2D eigenvalue weighted by Crippen LogP contribution is -2.62. The number of nitrogens with one attached hydrogen (secondary N) is 1. The summed E-state index contributed by atoms with van der Waals surface area (Å²) in [6, 6.07) is -0.748. The molecule has 0 saturated carbocycles.